The number of hydrogen-bond donors (Lipinski definition) is 0. The first kappa shape index (κ1) is 18.5. The molecule has 0 saturated carbocycles. The Morgan fingerprint density at radius 1 is 0.789 bits per heavy atom. The molecule has 0 unspecified atom stereocenters. The molecule has 19 heavy (non-hydrogen) atoms. The molecule has 0 aliphatic heterocycles. The lowest BCUT2D eigenvalue weighted by Crippen LogP contribution is -2.08. The van der Waals surface area contributed by atoms with E-state index in [9.17, 15) is 0 Å². The lowest BCUT2D eigenvalue weighted by atomic mass is 10.1. The number of unbranched alkanes of at least 4 members (excludes halogenated alkanes) is 2. The number of ether oxygens (including phenoxy) is 3. The zero-order valence-corrected chi connectivity index (χ0v) is 13.1. The summed E-state index contributed by atoms with van der Waals surface area (Å²) in [6, 6.07) is 0. The van der Waals surface area contributed by atoms with Crippen molar-refractivity contribution in [3.05, 3.63) is 11.8 Å². The molecule has 0 heterocycles. The van der Waals surface area contributed by atoms with Gasteiger partial charge in [-0.2, -0.15) is 0 Å². The first-order valence-corrected chi connectivity index (χ1v) is 7.80. The predicted molar refractivity (Wildman–Crippen MR) is 80.4 cm³/mol. The van der Waals surface area contributed by atoms with Gasteiger partial charge in [-0.25, -0.2) is 0 Å². The smallest absolute Gasteiger partial charge is 0.111 e. The molecule has 114 valence electrons. The van der Waals surface area contributed by atoms with Crippen LogP contribution in [0.1, 0.15) is 59.3 Å². The highest BCUT2D eigenvalue weighted by Crippen LogP contribution is 2.10. The van der Waals surface area contributed by atoms with Gasteiger partial charge in [0.2, 0.25) is 0 Å². The van der Waals surface area contributed by atoms with Crippen molar-refractivity contribution in [3.8, 4) is 0 Å². The molecule has 0 aliphatic carbocycles. The van der Waals surface area contributed by atoms with Gasteiger partial charge in [-0.3, -0.25) is 0 Å². The van der Waals surface area contributed by atoms with E-state index in [0.717, 1.165) is 25.9 Å². The Balaban J connectivity index is 3.30. The van der Waals surface area contributed by atoms with Crippen molar-refractivity contribution in [1.29, 1.82) is 0 Å². The quantitative estimate of drug-likeness (QED) is 0.348. The summed E-state index contributed by atoms with van der Waals surface area (Å²) in [5.74, 6) is 0. The fourth-order valence-corrected chi connectivity index (χ4v) is 1.58. The first-order valence-electron chi connectivity index (χ1n) is 7.80. The van der Waals surface area contributed by atoms with Gasteiger partial charge >= 0.3 is 0 Å². The molecule has 0 rings (SSSR count). The van der Waals surface area contributed by atoms with Gasteiger partial charge in [0.25, 0.3) is 0 Å². The topological polar surface area (TPSA) is 27.7 Å². The van der Waals surface area contributed by atoms with E-state index < -0.39 is 0 Å². The molecule has 0 N–H and O–H groups in total. The maximum atomic E-state index is 5.50. The van der Waals surface area contributed by atoms with Crippen LogP contribution >= 0.6 is 0 Å². The minimum absolute atomic E-state index is 0.630. The van der Waals surface area contributed by atoms with E-state index in [4.69, 9.17) is 14.2 Å². The monoisotopic (exact) mass is 272 g/mol. The molecule has 3 nitrogen and oxygen atoms in total. The highest BCUT2D eigenvalue weighted by atomic mass is 16.5. The van der Waals surface area contributed by atoms with E-state index in [-0.39, 0.29) is 0 Å². The summed E-state index contributed by atoms with van der Waals surface area (Å²) in [5, 5.41) is 0. The van der Waals surface area contributed by atoms with Gasteiger partial charge in [0, 0.05) is 6.61 Å². The summed E-state index contributed by atoms with van der Waals surface area (Å²) in [7, 11) is 0. The van der Waals surface area contributed by atoms with E-state index in [1.165, 1.54) is 24.8 Å². The third-order valence-corrected chi connectivity index (χ3v) is 2.92. The Labute approximate surface area is 119 Å². The van der Waals surface area contributed by atoms with Crippen LogP contribution in [0.25, 0.3) is 0 Å². The molecule has 3 heteroatoms. The zero-order chi connectivity index (χ0) is 14.2. The highest BCUT2D eigenvalue weighted by molar-refractivity contribution is 4.96. The van der Waals surface area contributed by atoms with Gasteiger partial charge in [-0.05, 0) is 31.3 Å². The Kier molecular flexibility index (Phi) is 15.1. The first-order chi connectivity index (χ1) is 9.35. The Morgan fingerprint density at radius 2 is 1.42 bits per heavy atom. The molecule has 0 fully saturated rings. The van der Waals surface area contributed by atoms with Crippen LogP contribution in [0.5, 0.6) is 0 Å². The summed E-state index contributed by atoms with van der Waals surface area (Å²) >= 11 is 0. The second kappa shape index (κ2) is 15.5. The molecule has 0 bridgehead atoms. The Bertz CT molecular complexity index is 202. The molecule has 0 amide bonds. The van der Waals surface area contributed by atoms with Crippen LogP contribution in [0.4, 0.5) is 0 Å². The van der Waals surface area contributed by atoms with Crippen LogP contribution in [0, 0.1) is 0 Å². The lowest BCUT2D eigenvalue weighted by Gasteiger charge is -2.07. The molecule has 0 aliphatic rings. The van der Waals surface area contributed by atoms with Crippen molar-refractivity contribution in [2.45, 2.75) is 59.3 Å². The van der Waals surface area contributed by atoms with Crippen LogP contribution in [0.2, 0.25) is 0 Å². The average molecular weight is 272 g/mol. The normalized spacial score (nSPS) is 11.8. The lowest BCUT2D eigenvalue weighted by molar-refractivity contribution is 0.0296. The molecular formula is C16H32O3. The number of rotatable bonds is 14. The second-order valence-corrected chi connectivity index (χ2v) is 4.68. The molecule has 0 saturated heterocycles. The van der Waals surface area contributed by atoms with E-state index in [1.54, 1.807) is 0 Å². The van der Waals surface area contributed by atoms with Crippen LogP contribution in [0.3, 0.4) is 0 Å². The Morgan fingerprint density at radius 3 is 2.05 bits per heavy atom. The van der Waals surface area contributed by atoms with Gasteiger partial charge in [0.15, 0.2) is 0 Å². The molecular weight excluding hydrogens is 240 g/mol. The van der Waals surface area contributed by atoms with Crippen molar-refractivity contribution in [3.63, 3.8) is 0 Å². The standard InChI is InChI=1S/C16H32O3/c1-4-7-9-16(6-3)15-19-14-13-18-12-11-17-10-8-5-2/h15H,4-14H2,1-3H3/b16-15-. The highest BCUT2D eigenvalue weighted by Gasteiger charge is 1.95. The van der Waals surface area contributed by atoms with Gasteiger partial charge in [0.1, 0.15) is 6.61 Å². The summed E-state index contributed by atoms with van der Waals surface area (Å²) in [4.78, 5) is 0. The fraction of sp³-hybridized carbons (Fsp3) is 0.875. The summed E-state index contributed by atoms with van der Waals surface area (Å²) in [5.41, 5.74) is 1.39. The van der Waals surface area contributed by atoms with Crippen LogP contribution in [0.15, 0.2) is 11.8 Å². The average Bonchev–Trinajstić information content (AvgIpc) is 2.44. The van der Waals surface area contributed by atoms with Gasteiger partial charge in [-0.1, -0.05) is 33.6 Å². The predicted octanol–water partition coefficient (Wildman–Crippen LogP) is 4.32. The van der Waals surface area contributed by atoms with Gasteiger partial charge in [0.05, 0.1) is 26.1 Å². The van der Waals surface area contributed by atoms with E-state index >= 15 is 0 Å². The molecule has 0 aromatic heterocycles. The van der Waals surface area contributed by atoms with E-state index in [2.05, 4.69) is 20.8 Å². The minimum Gasteiger partial charge on any atom is -0.499 e. The van der Waals surface area contributed by atoms with Crippen LogP contribution < -0.4 is 0 Å². The van der Waals surface area contributed by atoms with Crippen LogP contribution in [-0.4, -0.2) is 33.0 Å². The second-order valence-electron chi connectivity index (χ2n) is 4.68. The third kappa shape index (κ3) is 13.7. The maximum Gasteiger partial charge on any atom is 0.111 e. The summed E-state index contributed by atoms with van der Waals surface area (Å²) in [6.07, 6.45) is 8.93. The summed E-state index contributed by atoms with van der Waals surface area (Å²) < 4.78 is 16.3. The van der Waals surface area contributed by atoms with Crippen molar-refractivity contribution >= 4 is 0 Å². The van der Waals surface area contributed by atoms with Gasteiger partial charge in [-0.15, -0.1) is 0 Å². The van der Waals surface area contributed by atoms with E-state index in [0.29, 0.717) is 26.4 Å². The van der Waals surface area contributed by atoms with Crippen molar-refractivity contribution in [2.24, 2.45) is 0 Å². The van der Waals surface area contributed by atoms with Crippen molar-refractivity contribution in [2.75, 3.05) is 33.0 Å². The molecule has 0 aromatic rings. The van der Waals surface area contributed by atoms with Crippen molar-refractivity contribution < 1.29 is 14.2 Å². The fourth-order valence-electron chi connectivity index (χ4n) is 1.58. The number of allylic oxidation sites excluding steroid dienone is 1. The van der Waals surface area contributed by atoms with E-state index in [1.807, 2.05) is 6.26 Å². The minimum atomic E-state index is 0.630. The molecule has 0 spiro atoms. The van der Waals surface area contributed by atoms with Gasteiger partial charge < -0.3 is 14.2 Å². The largest absolute Gasteiger partial charge is 0.499 e. The molecule has 0 atom stereocenters. The zero-order valence-electron chi connectivity index (χ0n) is 13.1. The Hall–Kier alpha value is -0.540. The number of hydrogen-bond acceptors (Lipinski definition) is 3. The molecule has 0 aromatic carbocycles. The SMILES string of the molecule is CCCCOCCOCCO/C=C(/CC)CCCC. The molecule has 0 radical (unpaired) electrons. The van der Waals surface area contributed by atoms with Crippen molar-refractivity contribution in [1.82, 2.24) is 0 Å². The third-order valence-electron chi connectivity index (χ3n) is 2.92. The summed E-state index contributed by atoms with van der Waals surface area (Å²) in [6.45, 7) is 10.0. The maximum absolute atomic E-state index is 5.50. The van der Waals surface area contributed by atoms with Crippen LogP contribution in [-0.2, 0) is 14.2 Å².